The highest BCUT2D eigenvalue weighted by atomic mass is 16.6. The van der Waals surface area contributed by atoms with Gasteiger partial charge in [-0.2, -0.15) is 0 Å². The number of carbonyl (C=O) groups is 4. The number of furan rings is 1. The number of esters is 1. The van der Waals surface area contributed by atoms with Crippen molar-refractivity contribution in [3.8, 4) is 0 Å². The first-order valence-corrected chi connectivity index (χ1v) is 11.1. The number of benzene rings is 2. The van der Waals surface area contributed by atoms with Crippen LogP contribution in [0.5, 0.6) is 0 Å². The number of hydrogen-bond donors (Lipinski definition) is 0. The van der Waals surface area contributed by atoms with Gasteiger partial charge < -0.3 is 14.1 Å². The van der Waals surface area contributed by atoms with Gasteiger partial charge in [-0.05, 0) is 54.8 Å². The van der Waals surface area contributed by atoms with Gasteiger partial charge in [0.05, 0.1) is 34.4 Å². The summed E-state index contributed by atoms with van der Waals surface area (Å²) in [5, 5.41) is 11.0. The number of nitro benzene ring substituents is 1. The van der Waals surface area contributed by atoms with Gasteiger partial charge in [0, 0.05) is 24.4 Å². The molecule has 3 aromatic rings. The summed E-state index contributed by atoms with van der Waals surface area (Å²) in [6.07, 6.45) is 2.65. The molecule has 0 atom stereocenters. The molecule has 0 unspecified atom stereocenters. The van der Waals surface area contributed by atoms with Crippen LogP contribution in [0.4, 0.5) is 11.4 Å². The summed E-state index contributed by atoms with van der Waals surface area (Å²) in [5.74, 6) is -1.91. The molecular weight excluding hydrogens is 470 g/mol. The molecule has 0 radical (unpaired) electrons. The molecule has 3 heterocycles. The lowest BCUT2D eigenvalue weighted by Gasteiger charge is -2.29. The lowest BCUT2D eigenvalue weighted by molar-refractivity contribution is -0.384. The van der Waals surface area contributed by atoms with E-state index in [0.29, 0.717) is 36.4 Å². The second kappa shape index (κ2) is 9.10. The normalized spacial score (nSPS) is 14.4. The Morgan fingerprint density at radius 1 is 1.06 bits per heavy atom. The summed E-state index contributed by atoms with van der Waals surface area (Å²) < 4.78 is 10.4. The molecule has 0 saturated carbocycles. The number of nitrogens with zero attached hydrogens (tertiary/aromatic N) is 3. The van der Waals surface area contributed by atoms with E-state index < -0.39 is 35.2 Å². The van der Waals surface area contributed by atoms with Crippen molar-refractivity contribution in [2.24, 2.45) is 0 Å². The van der Waals surface area contributed by atoms with E-state index in [4.69, 9.17) is 9.15 Å². The summed E-state index contributed by atoms with van der Waals surface area (Å²) in [7, 11) is 0. The van der Waals surface area contributed by atoms with E-state index in [-0.39, 0.29) is 28.9 Å². The van der Waals surface area contributed by atoms with Crippen molar-refractivity contribution >= 4 is 35.1 Å². The summed E-state index contributed by atoms with van der Waals surface area (Å²) in [5.41, 5.74) is 1.43. The molecular formula is C25H19N3O8. The molecule has 1 aromatic heterocycles. The maximum absolute atomic E-state index is 12.8. The Morgan fingerprint density at radius 2 is 1.86 bits per heavy atom. The van der Waals surface area contributed by atoms with E-state index in [0.717, 1.165) is 4.90 Å². The molecule has 0 spiro atoms. The van der Waals surface area contributed by atoms with Crippen LogP contribution in [0.2, 0.25) is 0 Å². The van der Waals surface area contributed by atoms with Crippen molar-refractivity contribution in [3.05, 3.63) is 92.9 Å². The van der Waals surface area contributed by atoms with Gasteiger partial charge in [0.2, 0.25) is 0 Å². The lowest BCUT2D eigenvalue weighted by Crippen LogP contribution is -2.38. The molecule has 0 N–H and O–H groups in total. The molecule has 0 fully saturated rings. The smallest absolute Gasteiger partial charge is 0.338 e. The van der Waals surface area contributed by atoms with Gasteiger partial charge in [-0.3, -0.25) is 29.4 Å². The highest BCUT2D eigenvalue weighted by Crippen LogP contribution is 2.31. The Balaban J connectivity index is 1.26. The third kappa shape index (κ3) is 4.11. The summed E-state index contributed by atoms with van der Waals surface area (Å²) >= 11 is 0. The van der Waals surface area contributed by atoms with Crippen LogP contribution < -0.4 is 4.90 Å². The lowest BCUT2D eigenvalue weighted by atomic mass is 10.0. The van der Waals surface area contributed by atoms with Crippen LogP contribution in [0.3, 0.4) is 0 Å². The molecule has 2 aliphatic rings. The zero-order valence-electron chi connectivity index (χ0n) is 18.8. The fraction of sp³-hybridized carbons (Fsp3) is 0.200. The topological polar surface area (TPSA) is 140 Å². The Kier molecular flexibility index (Phi) is 5.80. The van der Waals surface area contributed by atoms with Crippen molar-refractivity contribution < 1.29 is 33.3 Å². The number of ether oxygens (including phenoxy) is 1. The van der Waals surface area contributed by atoms with Crippen molar-refractivity contribution in [2.45, 2.75) is 19.4 Å². The third-order valence-corrected chi connectivity index (χ3v) is 6.12. The summed E-state index contributed by atoms with van der Waals surface area (Å²) in [4.78, 5) is 63.8. The van der Waals surface area contributed by atoms with Gasteiger partial charge in [0.25, 0.3) is 23.4 Å². The molecule has 0 aliphatic carbocycles. The average Bonchev–Trinajstić information content (AvgIpc) is 3.49. The number of imide groups is 1. The van der Waals surface area contributed by atoms with Crippen molar-refractivity contribution in [2.75, 3.05) is 18.1 Å². The van der Waals surface area contributed by atoms with Gasteiger partial charge in [-0.25, -0.2) is 4.79 Å². The van der Waals surface area contributed by atoms with Crippen molar-refractivity contribution in [3.63, 3.8) is 0 Å². The molecule has 36 heavy (non-hydrogen) atoms. The van der Waals surface area contributed by atoms with E-state index in [1.807, 2.05) is 0 Å². The molecule has 5 rings (SSSR count). The van der Waals surface area contributed by atoms with E-state index in [1.54, 1.807) is 12.1 Å². The number of nitro groups is 1. The van der Waals surface area contributed by atoms with Gasteiger partial charge in [-0.15, -0.1) is 0 Å². The second-order valence-corrected chi connectivity index (χ2v) is 8.33. The van der Waals surface area contributed by atoms with Crippen LogP contribution in [0.25, 0.3) is 0 Å². The minimum atomic E-state index is -0.822. The predicted octanol–water partition coefficient (Wildman–Crippen LogP) is 3.12. The number of non-ortho nitro benzene ring substituents is 1. The van der Waals surface area contributed by atoms with Crippen molar-refractivity contribution in [1.82, 2.24) is 4.90 Å². The van der Waals surface area contributed by atoms with E-state index >= 15 is 0 Å². The molecule has 0 bridgehead atoms. The van der Waals surface area contributed by atoms with E-state index in [2.05, 4.69) is 0 Å². The molecule has 3 amide bonds. The fourth-order valence-corrected chi connectivity index (χ4v) is 4.36. The minimum absolute atomic E-state index is 0.0252. The fourth-order valence-electron chi connectivity index (χ4n) is 4.36. The monoisotopic (exact) mass is 489 g/mol. The van der Waals surface area contributed by atoms with Crippen LogP contribution in [-0.4, -0.2) is 46.7 Å². The molecule has 2 aromatic carbocycles. The van der Waals surface area contributed by atoms with Crippen molar-refractivity contribution in [1.29, 1.82) is 0 Å². The maximum atomic E-state index is 12.8. The van der Waals surface area contributed by atoms with Gasteiger partial charge in [0.1, 0.15) is 5.76 Å². The van der Waals surface area contributed by atoms with Crippen LogP contribution >= 0.6 is 0 Å². The average molecular weight is 489 g/mol. The third-order valence-electron chi connectivity index (χ3n) is 6.12. The zero-order valence-corrected chi connectivity index (χ0v) is 18.8. The first-order valence-electron chi connectivity index (χ1n) is 11.1. The molecule has 182 valence electrons. The summed E-state index contributed by atoms with van der Waals surface area (Å²) in [6.45, 7) is -0.194. The van der Waals surface area contributed by atoms with E-state index in [9.17, 15) is 29.3 Å². The predicted molar refractivity (Wildman–Crippen MR) is 123 cm³/mol. The zero-order chi connectivity index (χ0) is 25.4. The number of aryl methyl sites for hydroxylation is 1. The number of carbonyl (C=O) groups excluding carboxylic acids is 4. The maximum Gasteiger partial charge on any atom is 0.338 e. The van der Waals surface area contributed by atoms with E-state index in [1.165, 1.54) is 47.6 Å². The number of amides is 3. The second-order valence-electron chi connectivity index (χ2n) is 8.33. The number of anilines is 1. The number of rotatable bonds is 6. The number of hydrogen-bond acceptors (Lipinski definition) is 8. The van der Waals surface area contributed by atoms with Crippen LogP contribution in [0, 0.1) is 10.1 Å². The molecule has 11 heteroatoms. The largest absolute Gasteiger partial charge is 0.467 e. The Labute approximate surface area is 204 Å². The SMILES string of the molecule is O=C(OCC(=O)N1CCCc2cc([N+](=O)[O-])ccc21)c1ccc2c(c1)C(=O)N(Cc1ccco1)C2=O. The van der Waals surface area contributed by atoms with Gasteiger partial charge >= 0.3 is 5.97 Å². The molecule has 0 saturated heterocycles. The molecule has 2 aliphatic heterocycles. The quantitative estimate of drug-likeness (QED) is 0.223. The highest BCUT2D eigenvalue weighted by molar-refractivity contribution is 6.21. The highest BCUT2D eigenvalue weighted by Gasteiger charge is 2.36. The Bertz CT molecular complexity index is 1410. The first-order chi connectivity index (χ1) is 17.3. The van der Waals surface area contributed by atoms with Crippen LogP contribution in [0.15, 0.2) is 59.2 Å². The standard InChI is InChI=1S/C25H19N3O8/c29-22(26-9-1-3-15-11-17(28(33)34)6-8-21(15)26)14-36-25(32)16-5-7-19-20(12-16)24(31)27(23(19)30)13-18-4-2-10-35-18/h2,4-8,10-12H,1,3,9,13-14H2. The van der Waals surface area contributed by atoms with Crippen LogP contribution in [-0.2, 0) is 22.5 Å². The van der Waals surface area contributed by atoms with Crippen LogP contribution in [0.1, 0.15) is 48.8 Å². The van der Waals surface area contributed by atoms with Gasteiger partial charge in [0.15, 0.2) is 6.61 Å². The Hall–Kier alpha value is -4.80. The first kappa shape index (κ1) is 23.0. The van der Waals surface area contributed by atoms with Gasteiger partial charge in [-0.1, -0.05) is 0 Å². The Morgan fingerprint density at radius 3 is 2.61 bits per heavy atom. The number of fused-ring (bicyclic) bond motifs is 2. The molecule has 11 nitrogen and oxygen atoms in total. The minimum Gasteiger partial charge on any atom is -0.467 e. The summed E-state index contributed by atoms with van der Waals surface area (Å²) in [6, 6.07) is 11.6.